The molecule has 0 saturated carbocycles. The van der Waals surface area contributed by atoms with Crippen LogP contribution in [0.5, 0.6) is 0 Å². The molecule has 0 bridgehead atoms. The van der Waals surface area contributed by atoms with Gasteiger partial charge < -0.3 is 4.74 Å². The van der Waals surface area contributed by atoms with E-state index in [9.17, 15) is 9.59 Å². The minimum Gasteiger partial charge on any atom is -0.443 e. The molecule has 0 radical (unpaired) electrons. The average molecular weight is 495 g/mol. The highest BCUT2D eigenvalue weighted by atomic mass is 19.3. The average Bonchev–Trinajstić information content (AvgIpc) is 3.27. The molecular weight excluding hydrogens is 472 g/mol. The fraction of sp³-hybridized carbons (Fsp3) is 0.250. The Kier molecular flexibility index (Phi) is 6.35. The van der Waals surface area contributed by atoms with Gasteiger partial charge in [-0.25, -0.2) is 10.2 Å². The summed E-state index contributed by atoms with van der Waals surface area (Å²) < 4.78 is 38.1. The van der Waals surface area contributed by atoms with E-state index in [4.69, 9.17) is 4.74 Å². The summed E-state index contributed by atoms with van der Waals surface area (Å²) in [5.41, 5.74) is 1.62. The van der Waals surface area contributed by atoms with E-state index in [1.165, 1.54) is 35.1 Å². The number of amides is 1. The lowest BCUT2D eigenvalue weighted by molar-refractivity contribution is -0.00396. The van der Waals surface area contributed by atoms with Gasteiger partial charge in [0.1, 0.15) is 5.60 Å². The van der Waals surface area contributed by atoms with Crippen molar-refractivity contribution in [2.75, 3.05) is 0 Å². The summed E-state index contributed by atoms with van der Waals surface area (Å²) in [7, 11) is 1.68. The molecule has 4 rings (SSSR count). The highest BCUT2D eigenvalue weighted by molar-refractivity contribution is 5.88. The van der Waals surface area contributed by atoms with Crippen LogP contribution in [0.1, 0.15) is 31.1 Å². The van der Waals surface area contributed by atoms with Crippen LogP contribution in [0.3, 0.4) is 0 Å². The van der Waals surface area contributed by atoms with Crippen LogP contribution in [-0.2, 0) is 17.7 Å². The van der Waals surface area contributed by atoms with Crippen molar-refractivity contribution in [1.82, 2.24) is 30.0 Å². The SMILES string of the molecule is Cn1cc(-c2cc/c(=N/NC(=O)OC(C)(C)C)n(C(=O)C(F)(F)c3ccc4ncccc4c3)n2)cn1. The van der Waals surface area contributed by atoms with Gasteiger partial charge in [-0.05, 0) is 51.1 Å². The molecule has 1 aromatic carbocycles. The van der Waals surface area contributed by atoms with E-state index in [2.05, 4.69) is 25.7 Å². The van der Waals surface area contributed by atoms with Crippen LogP contribution in [0.2, 0.25) is 0 Å². The minimum atomic E-state index is -3.98. The van der Waals surface area contributed by atoms with Gasteiger partial charge in [-0.3, -0.25) is 14.5 Å². The second kappa shape index (κ2) is 9.29. The van der Waals surface area contributed by atoms with E-state index in [0.29, 0.717) is 21.1 Å². The van der Waals surface area contributed by atoms with Gasteiger partial charge in [0, 0.05) is 36.0 Å². The third-order valence-corrected chi connectivity index (χ3v) is 4.90. The van der Waals surface area contributed by atoms with Crippen molar-refractivity contribution in [1.29, 1.82) is 0 Å². The Labute approximate surface area is 204 Å². The van der Waals surface area contributed by atoms with Crippen molar-refractivity contribution in [2.45, 2.75) is 32.3 Å². The fourth-order valence-corrected chi connectivity index (χ4v) is 3.29. The first-order valence-electron chi connectivity index (χ1n) is 10.8. The first-order valence-corrected chi connectivity index (χ1v) is 10.8. The first-order chi connectivity index (χ1) is 16.9. The lowest BCUT2D eigenvalue weighted by Gasteiger charge is -2.19. The van der Waals surface area contributed by atoms with Crippen molar-refractivity contribution >= 4 is 22.9 Å². The molecule has 0 aliphatic carbocycles. The van der Waals surface area contributed by atoms with Gasteiger partial charge in [0.15, 0.2) is 5.49 Å². The number of nitrogens with one attached hydrogen (secondary N) is 1. The Bertz CT molecular complexity index is 1520. The zero-order valence-electron chi connectivity index (χ0n) is 19.9. The molecule has 1 amide bonds. The molecule has 3 aromatic heterocycles. The number of hydrogen-bond donors (Lipinski definition) is 1. The van der Waals surface area contributed by atoms with Crippen molar-refractivity contribution in [3.8, 4) is 11.3 Å². The van der Waals surface area contributed by atoms with E-state index < -0.39 is 29.1 Å². The Morgan fingerprint density at radius 2 is 1.89 bits per heavy atom. The molecule has 4 aromatic rings. The molecule has 0 aliphatic rings. The third kappa shape index (κ3) is 5.27. The largest absolute Gasteiger partial charge is 0.443 e. The number of halogens is 2. The molecule has 0 saturated heterocycles. The van der Waals surface area contributed by atoms with Gasteiger partial charge in [-0.1, -0.05) is 12.1 Å². The predicted molar refractivity (Wildman–Crippen MR) is 126 cm³/mol. The number of pyridine rings is 1. The summed E-state index contributed by atoms with van der Waals surface area (Å²) in [6.07, 6.45) is 3.70. The molecule has 3 heterocycles. The maximum atomic E-state index is 15.5. The maximum absolute atomic E-state index is 15.5. The summed E-state index contributed by atoms with van der Waals surface area (Å²) in [5, 5.41) is 12.4. The summed E-state index contributed by atoms with van der Waals surface area (Å²) in [6, 6.07) is 9.72. The summed E-state index contributed by atoms with van der Waals surface area (Å²) in [4.78, 5) is 29.3. The summed E-state index contributed by atoms with van der Waals surface area (Å²) in [6.45, 7) is 4.96. The lowest BCUT2D eigenvalue weighted by Crippen LogP contribution is -2.41. The molecule has 0 spiro atoms. The quantitative estimate of drug-likeness (QED) is 0.433. The summed E-state index contributed by atoms with van der Waals surface area (Å²) >= 11 is 0. The number of aromatic nitrogens is 5. The molecule has 10 nitrogen and oxygen atoms in total. The van der Waals surface area contributed by atoms with Crippen LogP contribution < -0.4 is 10.9 Å². The highest BCUT2D eigenvalue weighted by Gasteiger charge is 2.43. The number of aryl methyl sites for hydroxylation is 1. The zero-order chi connectivity index (χ0) is 26.1. The van der Waals surface area contributed by atoms with Crippen LogP contribution in [0.15, 0.2) is 66.2 Å². The van der Waals surface area contributed by atoms with E-state index in [-0.39, 0.29) is 11.2 Å². The number of rotatable bonds is 4. The normalized spacial score (nSPS) is 12.6. The number of carbonyl (C=O) groups is 2. The number of nitrogens with zero attached hydrogens (tertiary/aromatic N) is 6. The van der Waals surface area contributed by atoms with Crippen LogP contribution in [-0.4, -0.2) is 42.1 Å². The number of alkyl halides is 2. The monoisotopic (exact) mass is 495 g/mol. The van der Waals surface area contributed by atoms with Gasteiger partial charge in [-0.15, -0.1) is 5.10 Å². The van der Waals surface area contributed by atoms with Crippen molar-refractivity contribution in [3.05, 3.63) is 72.1 Å². The maximum Gasteiger partial charge on any atom is 0.428 e. The van der Waals surface area contributed by atoms with Crippen molar-refractivity contribution in [2.24, 2.45) is 12.1 Å². The Morgan fingerprint density at radius 3 is 2.58 bits per heavy atom. The smallest absolute Gasteiger partial charge is 0.428 e. The van der Waals surface area contributed by atoms with E-state index in [1.807, 2.05) is 0 Å². The molecule has 1 N–H and O–H groups in total. The third-order valence-electron chi connectivity index (χ3n) is 4.90. The molecule has 0 fully saturated rings. The van der Waals surface area contributed by atoms with Gasteiger partial charge in [0.05, 0.1) is 17.4 Å². The van der Waals surface area contributed by atoms with Gasteiger partial charge in [0.25, 0.3) is 0 Å². The van der Waals surface area contributed by atoms with E-state index in [0.717, 1.165) is 6.07 Å². The van der Waals surface area contributed by atoms with Crippen molar-refractivity contribution in [3.63, 3.8) is 0 Å². The molecule has 0 unspecified atom stereocenters. The van der Waals surface area contributed by atoms with Crippen LogP contribution in [0.4, 0.5) is 13.6 Å². The van der Waals surface area contributed by atoms with Crippen LogP contribution >= 0.6 is 0 Å². The topological polar surface area (TPSA) is 116 Å². The highest BCUT2D eigenvalue weighted by Crippen LogP contribution is 2.31. The van der Waals surface area contributed by atoms with Crippen molar-refractivity contribution < 1.29 is 23.1 Å². The Morgan fingerprint density at radius 1 is 1.11 bits per heavy atom. The molecular formula is C24H23F2N7O3. The standard InChI is InChI=1S/C24H23F2N7O3/c1-23(2,3)36-22(35)30-29-20-10-9-19(16-13-28-32(4)14-16)31-33(20)21(34)24(25,26)17-7-8-18-15(12-17)6-5-11-27-18/h5-14H,1-4H3,(H,30,35)/b29-20-. The lowest BCUT2D eigenvalue weighted by atomic mass is 10.0. The minimum absolute atomic E-state index is 0.200. The second-order valence-corrected chi connectivity index (χ2v) is 8.91. The molecule has 186 valence electrons. The van der Waals surface area contributed by atoms with Crippen LogP contribution in [0.25, 0.3) is 22.2 Å². The van der Waals surface area contributed by atoms with E-state index >= 15 is 8.78 Å². The summed E-state index contributed by atoms with van der Waals surface area (Å²) in [5.74, 6) is -5.65. The van der Waals surface area contributed by atoms with E-state index in [1.54, 1.807) is 52.3 Å². The Balaban J connectivity index is 1.78. The second-order valence-electron chi connectivity index (χ2n) is 8.91. The zero-order valence-corrected chi connectivity index (χ0v) is 19.9. The molecule has 12 heteroatoms. The number of ether oxygens (including phenoxy) is 1. The fourth-order valence-electron chi connectivity index (χ4n) is 3.29. The molecule has 36 heavy (non-hydrogen) atoms. The molecule has 0 atom stereocenters. The van der Waals surface area contributed by atoms with Gasteiger partial charge >= 0.3 is 17.9 Å². The first kappa shape index (κ1) is 24.6. The predicted octanol–water partition coefficient (Wildman–Crippen LogP) is 3.60. The van der Waals surface area contributed by atoms with Crippen LogP contribution in [0, 0.1) is 0 Å². The number of carbonyl (C=O) groups excluding carboxylic acids is 2. The van der Waals surface area contributed by atoms with Gasteiger partial charge in [-0.2, -0.15) is 23.7 Å². The Hall–Kier alpha value is -4.48. The van der Waals surface area contributed by atoms with Gasteiger partial charge in [0.2, 0.25) is 0 Å². The molecule has 0 aliphatic heterocycles. The number of benzene rings is 1. The number of hydrogen-bond acceptors (Lipinski definition) is 7. The number of fused-ring (bicyclic) bond motifs is 1.